The monoisotopic (exact) mass is 284 g/mol. The van der Waals surface area contributed by atoms with Gasteiger partial charge in [0.25, 0.3) is 6.71 Å². The van der Waals surface area contributed by atoms with Crippen LogP contribution < -0.4 is 10.9 Å². The fraction of sp³-hybridized carbons (Fsp3) is 0. The van der Waals surface area contributed by atoms with Crippen LogP contribution in [0.1, 0.15) is 5.56 Å². The molecule has 0 saturated carbocycles. The molecule has 0 aliphatic heterocycles. The van der Waals surface area contributed by atoms with Crippen LogP contribution >= 0.6 is 0 Å². The standard InChI is InChI=1S/C20H14BF/c22-20-13-11-17(12-14-20)15-16-21(18-7-3-1-4-8-18)19-9-5-2-6-10-19/h1-14H. The topological polar surface area (TPSA) is 0 Å². The lowest BCUT2D eigenvalue weighted by Gasteiger charge is -2.07. The molecule has 0 fully saturated rings. The van der Waals surface area contributed by atoms with Crippen LogP contribution in [-0.4, -0.2) is 6.71 Å². The normalized spacial score (nSPS) is 9.68. The highest BCUT2D eigenvalue weighted by atomic mass is 19.1. The number of hydrogen-bond acceptors (Lipinski definition) is 0. The minimum absolute atomic E-state index is 0.00690. The first-order chi connectivity index (χ1) is 10.8. The van der Waals surface area contributed by atoms with E-state index in [-0.39, 0.29) is 12.5 Å². The van der Waals surface area contributed by atoms with E-state index in [1.807, 2.05) is 36.4 Å². The van der Waals surface area contributed by atoms with Gasteiger partial charge in [0.15, 0.2) is 0 Å². The van der Waals surface area contributed by atoms with Crippen molar-refractivity contribution >= 4 is 17.6 Å². The number of hydrogen-bond donors (Lipinski definition) is 0. The van der Waals surface area contributed by atoms with Crippen LogP contribution in [-0.2, 0) is 0 Å². The Labute approximate surface area is 130 Å². The molecule has 0 radical (unpaired) electrons. The van der Waals surface area contributed by atoms with Gasteiger partial charge in [-0.15, -0.1) is 5.82 Å². The fourth-order valence-corrected chi connectivity index (χ4v) is 2.34. The summed E-state index contributed by atoms with van der Waals surface area (Å²) in [5.74, 6) is 6.23. The Morgan fingerprint density at radius 1 is 0.636 bits per heavy atom. The van der Waals surface area contributed by atoms with Crippen molar-refractivity contribution in [3.8, 4) is 11.7 Å². The molecule has 0 amide bonds. The zero-order chi connectivity index (χ0) is 15.2. The van der Waals surface area contributed by atoms with Crippen LogP contribution in [0, 0.1) is 17.6 Å². The molecule has 0 nitrogen and oxygen atoms in total. The van der Waals surface area contributed by atoms with Crippen LogP contribution in [0.2, 0.25) is 0 Å². The molecule has 104 valence electrons. The second kappa shape index (κ2) is 6.78. The van der Waals surface area contributed by atoms with Gasteiger partial charge in [-0.1, -0.05) is 77.5 Å². The molecular formula is C20H14BF. The summed E-state index contributed by atoms with van der Waals surface area (Å²) < 4.78 is 13.0. The second-order valence-corrected chi connectivity index (χ2v) is 5.03. The lowest BCUT2D eigenvalue weighted by molar-refractivity contribution is 0.627. The zero-order valence-electron chi connectivity index (χ0n) is 12.0. The van der Waals surface area contributed by atoms with Crippen molar-refractivity contribution in [2.45, 2.75) is 0 Å². The van der Waals surface area contributed by atoms with Gasteiger partial charge in [0, 0.05) is 5.56 Å². The first-order valence-electron chi connectivity index (χ1n) is 7.20. The van der Waals surface area contributed by atoms with E-state index in [4.69, 9.17) is 0 Å². The van der Waals surface area contributed by atoms with Crippen LogP contribution in [0.25, 0.3) is 0 Å². The maximum absolute atomic E-state index is 13.0. The van der Waals surface area contributed by atoms with Crippen molar-refractivity contribution in [2.24, 2.45) is 0 Å². The van der Waals surface area contributed by atoms with Gasteiger partial charge >= 0.3 is 0 Å². The van der Waals surface area contributed by atoms with E-state index >= 15 is 0 Å². The molecule has 0 saturated heterocycles. The Morgan fingerprint density at radius 2 is 1.14 bits per heavy atom. The third-order valence-electron chi connectivity index (χ3n) is 3.47. The van der Waals surface area contributed by atoms with E-state index in [0.717, 1.165) is 16.5 Å². The largest absolute Gasteiger partial charge is 0.296 e. The SMILES string of the molecule is Fc1ccc(C#CB(c2ccccc2)c2ccccc2)cc1. The zero-order valence-corrected chi connectivity index (χ0v) is 12.0. The molecule has 0 N–H and O–H groups in total. The Kier molecular flexibility index (Phi) is 4.37. The average molecular weight is 284 g/mol. The molecule has 0 bridgehead atoms. The maximum atomic E-state index is 13.0. The minimum atomic E-state index is -0.242. The molecule has 3 aromatic carbocycles. The van der Waals surface area contributed by atoms with E-state index in [1.54, 1.807) is 12.1 Å². The van der Waals surface area contributed by atoms with Crippen molar-refractivity contribution in [3.63, 3.8) is 0 Å². The average Bonchev–Trinajstić information content (AvgIpc) is 2.59. The summed E-state index contributed by atoms with van der Waals surface area (Å²) in [6.07, 6.45) is 0. The Hall–Kier alpha value is -2.79. The van der Waals surface area contributed by atoms with Gasteiger partial charge in [0.05, 0.1) is 0 Å². The second-order valence-electron chi connectivity index (χ2n) is 5.03. The van der Waals surface area contributed by atoms with Crippen LogP contribution in [0.5, 0.6) is 0 Å². The highest BCUT2D eigenvalue weighted by Gasteiger charge is 2.16. The first-order valence-corrected chi connectivity index (χ1v) is 7.20. The Morgan fingerprint density at radius 3 is 1.64 bits per heavy atom. The van der Waals surface area contributed by atoms with Crippen molar-refractivity contribution < 1.29 is 4.39 Å². The van der Waals surface area contributed by atoms with Crippen molar-refractivity contribution in [3.05, 3.63) is 96.3 Å². The van der Waals surface area contributed by atoms with E-state index in [0.29, 0.717) is 0 Å². The molecule has 0 aromatic heterocycles. The summed E-state index contributed by atoms with van der Waals surface area (Å²) >= 11 is 0. The molecule has 3 rings (SSSR count). The van der Waals surface area contributed by atoms with Gasteiger partial charge < -0.3 is 0 Å². The lowest BCUT2D eigenvalue weighted by Crippen LogP contribution is -2.41. The van der Waals surface area contributed by atoms with Crippen molar-refractivity contribution in [1.29, 1.82) is 0 Å². The lowest BCUT2D eigenvalue weighted by atomic mass is 9.41. The molecule has 22 heavy (non-hydrogen) atoms. The van der Waals surface area contributed by atoms with Gasteiger partial charge in [0.2, 0.25) is 0 Å². The van der Waals surface area contributed by atoms with Crippen molar-refractivity contribution in [2.75, 3.05) is 0 Å². The number of rotatable bonds is 2. The molecule has 0 spiro atoms. The number of halogens is 1. The van der Waals surface area contributed by atoms with Gasteiger partial charge in [0.1, 0.15) is 5.82 Å². The minimum Gasteiger partial charge on any atom is -0.207 e. The Balaban J connectivity index is 1.98. The smallest absolute Gasteiger partial charge is 0.207 e. The predicted octanol–water partition coefficient (Wildman–Crippen LogP) is 3.03. The van der Waals surface area contributed by atoms with E-state index in [1.165, 1.54) is 12.1 Å². The third kappa shape index (κ3) is 3.45. The fourth-order valence-electron chi connectivity index (χ4n) is 2.34. The van der Waals surface area contributed by atoms with Gasteiger partial charge in [-0.05, 0) is 24.3 Å². The molecule has 0 unspecified atom stereocenters. The van der Waals surface area contributed by atoms with E-state index < -0.39 is 0 Å². The van der Waals surface area contributed by atoms with Crippen LogP contribution in [0.3, 0.4) is 0 Å². The molecule has 2 heteroatoms. The van der Waals surface area contributed by atoms with Crippen molar-refractivity contribution in [1.82, 2.24) is 0 Å². The molecule has 0 heterocycles. The van der Waals surface area contributed by atoms with Crippen LogP contribution in [0.4, 0.5) is 4.39 Å². The third-order valence-corrected chi connectivity index (χ3v) is 3.47. The van der Waals surface area contributed by atoms with E-state index in [2.05, 4.69) is 36.0 Å². The predicted molar refractivity (Wildman–Crippen MR) is 91.2 cm³/mol. The molecule has 0 aliphatic carbocycles. The maximum Gasteiger partial charge on any atom is 0.296 e. The summed E-state index contributed by atoms with van der Waals surface area (Å²) in [4.78, 5) is 0. The first kappa shape index (κ1) is 14.2. The Bertz CT molecular complexity index is 744. The quantitative estimate of drug-likeness (QED) is 0.501. The summed E-state index contributed by atoms with van der Waals surface area (Å²) in [6.45, 7) is 0.00690. The number of benzene rings is 3. The molecule has 0 atom stereocenters. The van der Waals surface area contributed by atoms with Gasteiger partial charge in [-0.2, -0.15) is 0 Å². The van der Waals surface area contributed by atoms with Gasteiger partial charge in [-0.25, -0.2) is 4.39 Å². The highest BCUT2D eigenvalue weighted by molar-refractivity contribution is 6.91. The summed E-state index contributed by atoms with van der Waals surface area (Å²) in [5, 5.41) is 0. The van der Waals surface area contributed by atoms with E-state index in [9.17, 15) is 4.39 Å². The van der Waals surface area contributed by atoms with Crippen LogP contribution in [0.15, 0.2) is 84.9 Å². The summed E-state index contributed by atoms with van der Waals surface area (Å²) in [7, 11) is 0. The summed E-state index contributed by atoms with van der Waals surface area (Å²) in [6, 6.07) is 26.7. The molecule has 0 aliphatic rings. The molecule has 3 aromatic rings. The molecular weight excluding hydrogens is 270 g/mol. The van der Waals surface area contributed by atoms with Gasteiger partial charge in [-0.3, -0.25) is 0 Å². The summed E-state index contributed by atoms with van der Waals surface area (Å²) in [5.41, 5.74) is 3.13. The highest BCUT2D eigenvalue weighted by Crippen LogP contribution is 2.01.